The van der Waals surface area contributed by atoms with E-state index in [0.29, 0.717) is 5.75 Å². The van der Waals surface area contributed by atoms with Crippen molar-refractivity contribution >= 4 is 9.84 Å². The third kappa shape index (κ3) is 3.74. The zero-order valence-electron chi connectivity index (χ0n) is 11.4. The van der Waals surface area contributed by atoms with Crippen LogP contribution in [-0.4, -0.2) is 31.3 Å². The summed E-state index contributed by atoms with van der Waals surface area (Å²) < 4.78 is 30.0. The SMILES string of the molecule is CC(O)COc1ccc(S(=O)(=O)c2ccc(O)cc2)cc1. The summed E-state index contributed by atoms with van der Waals surface area (Å²) in [5, 5.41) is 18.3. The first-order valence-corrected chi connectivity index (χ1v) is 7.83. The smallest absolute Gasteiger partial charge is 0.206 e. The summed E-state index contributed by atoms with van der Waals surface area (Å²) in [6, 6.07) is 11.3. The molecule has 1 unspecified atom stereocenters. The lowest BCUT2D eigenvalue weighted by molar-refractivity contribution is 0.122. The molecule has 0 spiro atoms. The fraction of sp³-hybridized carbons (Fsp3) is 0.200. The fourth-order valence-electron chi connectivity index (χ4n) is 1.69. The molecule has 0 aromatic heterocycles. The molecule has 2 rings (SSSR count). The van der Waals surface area contributed by atoms with E-state index in [1.807, 2.05) is 0 Å². The molecule has 0 fully saturated rings. The van der Waals surface area contributed by atoms with Gasteiger partial charge in [0.15, 0.2) is 0 Å². The van der Waals surface area contributed by atoms with E-state index in [2.05, 4.69) is 0 Å². The number of benzene rings is 2. The Morgan fingerprint density at radius 2 is 1.48 bits per heavy atom. The molecular weight excluding hydrogens is 292 g/mol. The maximum atomic E-state index is 12.4. The highest BCUT2D eigenvalue weighted by molar-refractivity contribution is 7.91. The number of rotatable bonds is 5. The number of phenolic OH excluding ortho intramolecular Hbond substituents is 1. The lowest BCUT2D eigenvalue weighted by atomic mass is 10.3. The van der Waals surface area contributed by atoms with Gasteiger partial charge in [-0.15, -0.1) is 0 Å². The molecule has 0 heterocycles. The maximum absolute atomic E-state index is 12.4. The molecule has 0 aliphatic carbocycles. The van der Waals surface area contributed by atoms with Crippen molar-refractivity contribution in [1.29, 1.82) is 0 Å². The van der Waals surface area contributed by atoms with E-state index < -0.39 is 15.9 Å². The van der Waals surface area contributed by atoms with Crippen LogP contribution < -0.4 is 4.74 Å². The standard InChI is InChI=1S/C15H16O5S/c1-11(16)10-20-13-4-8-15(9-5-13)21(18,19)14-6-2-12(17)3-7-14/h2-9,11,16-17H,10H2,1H3. The number of aliphatic hydroxyl groups is 1. The lowest BCUT2D eigenvalue weighted by Gasteiger charge is -2.09. The second-order valence-corrected chi connectivity index (χ2v) is 6.58. The molecule has 0 aliphatic heterocycles. The second kappa shape index (κ2) is 6.15. The summed E-state index contributed by atoms with van der Waals surface area (Å²) in [6.07, 6.45) is -0.592. The molecule has 21 heavy (non-hydrogen) atoms. The summed E-state index contributed by atoms with van der Waals surface area (Å²) in [6.45, 7) is 1.74. The molecule has 112 valence electrons. The van der Waals surface area contributed by atoms with Crippen LogP contribution >= 0.6 is 0 Å². The predicted octanol–water partition coefficient (Wildman–Crippen LogP) is 1.98. The number of ether oxygens (including phenoxy) is 1. The molecule has 0 amide bonds. The molecule has 0 radical (unpaired) electrons. The van der Waals surface area contributed by atoms with Crippen LogP contribution in [0, 0.1) is 0 Å². The predicted molar refractivity (Wildman–Crippen MR) is 77.2 cm³/mol. The first kappa shape index (κ1) is 15.3. The summed E-state index contributed by atoms with van der Waals surface area (Å²) >= 11 is 0. The Hall–Kier alpha value is -2.05. The van der Waals surface area contributed by atoms with Gasteiger partial charge in [0.05, 0.1) is 15.9 Å². The molecular formula is C15H16O5S. The zero-order chi connectivity index (χ0) is 15.5. The minimum Gasteiger partial charge on any atom is -0.508 e. The number of aliphatic hydroxyl groups excluding tert-OH is 1. The van der Waals surface area contributed by atoms with Crippen LogP contribution in [0.25, 0.3) is 0 Å². The number of hydrogen-bond donors (Lipinski definition) is 2. The first-order chi connectivity index (χ1) is 9.89. The van der Waals surface area contributed by atoms with Crippen LogP contribution in [0.4, 0.5) is 0 Å². The van der Waals surface area contributed by atoms with Crippen LogP contribution in [0.5, 0.6) is 11.5 Å². The Morgan fingerprint density at radius 1 is 1.00 bits per heavy atom. The van der Waals surface area contributed by atoms with E-state index in [0.717, 1.165) is 0 Å². The third-order valence-electron chi connectivity index (χ3n) is 2.77. The Bertz CT molecular complexity index is 688. The van der Waals surface area contributed by atoms with Gasteiger partial charge in [0.1, 0.15) is 18.1 Å². The van der Waals surface area contributed by atoms with Gasteiger partial charge >= 0.3 is 0 Å². The van der Waals surface area contributed by atoms with Crippen LogP contribution in [0.3, 0.4) is 0 Å². The minimum atomic E-state index is -3.62. The average Bonchev–Trinajstić information content (AvgIpc) is 2.46. The van der Waals surface area contributed by atoms with Crippen molar-refractivity contribution < 1.29 is 23.4 Å². The quantitative estimate of drug-likeness (QED) is 0.882. The van der Waals surface area contributed by atoms with E-state index in [4.69, 9.17) is 9.84 Å². The molecule has 2 aromatic rings. The van der Waals surface area contributed by atoms with Gasteiger partial charge in [-0.2, -0.15) is 0 Å². The maximum Gasteiger partial charge on any atom is 0.206 e. The van der Waals surface area contributed by atoms with Gasteiger partial charge in [-0.3, -0.25) is 0 Å². The van der Waals surface area contributed by atoms with Crippen molar-refractivity contribution in [2.24, 2.45) is 0 Å². The van der Waals surface area contributed by atoms with E-state index in [1.165, 1.54) is 48.5 Å². The number of aromatic hydroxyl groups is 1. The Labute approximate surface area is 123 Å². The molecule has 6 heteroatoms. The molecule has 0 bridgehead atoms. The van der Waals surface area contributed by atoms with Gasteiger partial charge in [0.25, 0.3) is 0 Å². The van der Waals surface area contributed by atoms with E-state index >= 15 is 0 Å². The lowest BCUT2D eigenvalue weighted by Crippen LogP contribution is -2.12. The Morgan fingerprint density at radius 3 is 1.95 bits per heavy atom. The van der Waals surface area contributed by atoms with Gasteiger partial charge in [0, 0.05) is 0 Å². The van der Waals surface area contributed by atoms with Crippen LogP contribution in [0.1, 0.15) is 6.92 Å². The van der Waals surface area contributed by atoms with Gasteiger partial charge < -0.3 is 14.9 Å². The van der Waals surface area contributed by atoms with Crippen molar-refractivity contribution in [3.63, 3.8) is 0 Å². The third-order valence-corrected chi connectivity index (χ3v) is 4.56. The average molecular weight is 308 g/mol. The highest BCUT2D eigenvalue weighted by Crippen LogP contribution is 2.24. The van der Waals surface area contributed by atoms with Gasteiger partial charge in [0.2, 0.25) is 9.84 Å². The zero-order valence-corrected chi connectivity index (χ0v) is 12.2. The Balaban J connectivity index is 2.23. The number of phenols is 1. The van der Waals surface area contributed by atoms with E-state index in [1.54, 1.807) is 6.92 Å². The van der Waals surface area contributed by atoms with E-state index in [9.17, 15) is 13.5 Å². The first-order valence-electron chi connectivity index (χ1n) is 6.34. The fourth-order valence-corrected chi connectivity index (χ4v) is 2.95. The normalized spacial score (nSPS) is 12.9. The number of sulfone groups is 1. The van der Waals surface area contributed by atoms with Crippen LogP contribution in [-0.2, 0) is 9.84 Å². The Kier molecular flexibility index (Phi) is 4.50. The van der Waals surface area contributed by atoms with Crippen LogP contribution in [0.15, 0.2) is 58.3 Å². The summed E-state index contributed by atoms with van der Waals surface area (Å²) in [4.78, 5) is 0.246. The largest absolute Gasteiger partial charge is 0.508 e. The molecule has 0 saturated heterocycles. The molecule has 2 N–H and O–H groups in total. The van der Waals surface area contributed by atoms with Crippen molar-refractivity contribution in [3.05, 3.63) is 48.5 Å². The highest BCUT2D eigenvalue weighted by atomic mass is 32.2. The van der Waals surface area contributed by atoms with Gasteiger partial charge in [-0.25, -0.2) is 8.42 Å². The second-order valence-electron chi connectivity index (χ2n) is 4.63. The highest BCUT2D eigenvalue weighted by Gasteiger charge is 2.17. The minimum absolute atomic E-state index is 0.0100. The van der Waals surface area contributed by atoms with Crippen molar-refractivity contribution in [2.75, 3.05) is 6.61 Å². The molecule has 0 saturated carbocycles. The summed E-state index contributed by atoms with van der Waals surface area (Å²) in [7, 11) is -3.62. The van der Waals surface area contributed by atoms with Crippen molar-refractivity contribution in [1.82, 2.24) is 0 Å². The van der Waals surface area contributed by atoms with E-state index in [-0.39, 0.29) is 22.1 Å². The van der Waals surface area contributed by atoms with Gasteiger partial charge in [-0.05, 0) is 55.5 Å². The summed E-state index contributed by atoms with van der Waals surface area (Å²) in [5.41, 5.74) is 0. The molecule has 0 aliphatic rings. The van der Waals surface area contributed by atoms with Gasteiger partial charge in [-0.1, -0.05) is 0 Å². The summed E-state index contributed by atoms with van der Waals surface area (Å²) in [5.74, 6) is 0.497. The molecule has 5 nitrogen and oxygen atoms in total. The topological polar surface area (TPSA) is 83.8 Å². The van der Waals surface area contributed by atoms with Crippen molar-refractivity contribution in [3.8, 4) is 11.5 Å². The molecule has 1 atom stereocenters. The number of hydrogen-bond acceptors (Lipinski definition) is 5. The van der Waals surface area contributed by atoms with Crippen molar-refractivity contribution in [2.45, 2.75) is 22.8 Å². The van der Waals surface area contributed by atoms with Crippen LogP contribution in [0.2, 0.25) is 0 Å². The monoisotopic (exact) mass is 308 g/mol. The molecule has 2 aromatic carbocycles.